The number of halogens is 1. The Morgan fingerprint density at radius 1 is 1.35 bits per heavy atom. The van der Waals surface area contributed by atoms with Crippen LogP contribution in [-0.2, 0) is 17.9 Å². The third-order valence-corrected chi connectivity index (χ3v) is 4.33. The van der Waals surface area contributed by atoms with Crippen LogP contribution < -0.4 is 10.1 Å². The lowest BCUT2D eigenvalue weighted by molar-refractivity contribution is -0.137. The van der Waals surface area contributed by atoms with Gasteiger partial charge in [0.15, 0.2) is 0 Å². The molecule has 1 saturated carbocycles. The first-order valence-corrected chi connectivity index (χ1v) is 8.74. The number of nitrogens with zero attached hydrogens (tertiary/aromatic N) is 3. The van der Waals surface area contributed by atoms with E-state index in [1.54, 1.807) is 18.2 Å². The molecule has 1 aromatic heterocycles. The van der Waals surface area contributed by atoms with Gasteiger partial charge in [0.25, 0.3) is 5.91 Å². The van der Waals surface area contributed by atoms with E-state index in [2.05, 4.69) is 15.6 Å². The van der Waals surface area contributed by atoms with Crippen LogP contribution in [0.2, 0.25) is 5.02 Å². The maximum absolute atomic E-state index is 12.6. The molecule has 0 saturated heterocycles. The molecule has 26 heavy (non-hydrogen) atoms. The highest BCUT2D eigenvalue weighted by Gasteiger charge is 2.20. The van der Waals surface area contributed by atoms with Gasteiger partial charge >= 0.3 is 5.97 Å². The topological polar surface area (TPSA) is 106 Å². The van der Waals surface area contributed by atoms with Crippen molar-refractivity contribution in [2.75, 3.05) is 0 Å². The van der Waals surface area contributed by atoms with E-state index in [1.165, 1.54) is 10.9 Å². The highest BCUT2D eigenvalue weighted by molar-refractivity contribution is 6.31. The van der Waals surface area contributed by atoms with Crippen molar-refractivity contribution in [3.05, 3.63) is 40.7 Å². The molecule has 8 nitrogen and oxygen atoms in total. The molecule has 138 valence electrons. The van der Waals surface area contributed by atoms with Gasteiger partial charge in [-0.3, -0.25) is 9.59 Å². The number of aliphatic carboxylic acids is 1. The number of nitrogens with one attached hydrogen (secondary N) is 1. The molecule has 9 heteroatoms. The Kier molecular flexibility index (Phi) is 5.72. The van der Waals surface area contributed by atoms with E-state index in [9.17, 15) is 9.59 Å². The number of benzene rings is 1. The van der Waals surface area contributed by atoms with E-state index in [-0.39, 0.29) is 25.1 Å². The minimum atomic E-state index is -1.02. The second-order valence-electron chi connectivity index (χ2n) is 6.15. The minimum Gasteiger partial charge on any atom is -0.490 e. The molecular formula is C17H19ClN4O4. The van der Waals surface area contributed by atoms with Crippen LogP contribution in [0.1, 0.15) is 41.7 Å². The Balaban J connectivity index is 1.65. The smallest absolute Gasteiger partial charge is 0.325 e. The summed E-state index contributed by atoms with van der Waals surface area (Å²) in [6, 6.07) is 4.97. The van der Waals surface area contributed by atoms with Crippen molar-refractivity contribution in [3.8, 4) is 5.75 Å². The predicted molar refractivity (Wildman–Crippen MR) is 93.2 cm³/mol. The molecule has 2 aromatic rings. The monoisotopic (exact) mass is 378 g/mol. The number of carbonyl (C=O) groups excluding carboxylic acids is 1. The van der Waals surface area contributed by atoms with Gasteiger partial charge < -0.3 is 15.2 Å². The zero-order chi connectivity index (χ0) is 18.5. The molecule has 0 spiro atoms. The van der Waals surface area contributed by atoms with Crippen molar-refractivity contribution in [1.82, 2.24) is 20.3 Å². The van der Waals surface area contributed by atoms with Crippen LogP contribution >= 0.6 is 11.6 Å². The Labute approximate surface area is 155 Å². The van der Waals surface area contributed by atoms with E-state index < -0.39 is 5.97 Å². The molecular weight excluding hydrogens is 360 g/mol. The normalized spacial score (nSPS) is 14.3. The molecule has 1 heterocycles. The summed E-state index contributed by atoms with van der Waals surface area (Å²) >= 11 is 6.03. The SMILES string of the molecule is O=C(O)Cn1cc(CNC(=O)c2cc(Cl)ccc2OC2CCCC2)nn1. The number of rotatable bonds is 7. The first kappa shape index (κ1) is 18.2. The van der Waals surface area contributed by atoms with Gasteiger partial charge in [-0.25, -0.2) is 4.68 Å². The molecule has 1 aromatic carbocycles. The molecule has 0 radical (unpaired) electrons. The third kappa shape index (κ3) is 4.72. The molecule has 1 aliphatic carbocycles. The summed E-state index contributed by atoms with van der Waals surface area (Å²) in [4.78, 5) is 23.2. The highest BCUT2D eigenvalue weighted by atomic mass is 35.5. The fraction of sp³-hybridized carbons (Fsp3) is 0.412. The van der Waals surface area contributed by atoms with Crippen LogP contribution in [-0.4, -0.2) is 38.1 Å². The van der Waals surface area contributed by atoms with Gasteiger partial charge in [-0.05, 0) is 43.9 Å². The Morgan fingerprint density at radius 3 is 2.85 bits per heavy atom. The summed E-state index contributed by atoms with van der Waals surface area (Å²) in [5.41, 5.74) is 0.821. The molecule has 1 aliphatic rings. The first-order valence-electron chi connectivity index (χ1n) is 8.36. The van der Waals surface area contributed by atoms with Crippen molar-refractivity contribution in [2.24, 2.45) is 0 Å². The van der Waals surface area contributed by atoms with Crippen LogP contribution in [0.15, 0.2) is 24.4 Å². The molecule has 0 bridgehead atoms. The van der Waals surface area contributed by atoms with Crippen LogP contribution in [0.4, 0.5) is 0 Å². The quantitative estimate of drug-likeness (QED) is 0.765. The Hall–Kier alpha value is -2.61. The standard InChI is InChI=1S/C17H19ClN4O4/c18-11-5-6-15(26-13-3-1-2-4-13)14(7-11)17(25)19-8-12-9-22(21-20-12)10-16(23)24/h5-7,9,13H,1-4,8,10H2,(H,19,25)(H,23,24). The average molecular weight is 379 g/mol. The van der Waals surface area contributed by atoms with Crippen molar-refractivity contribution >= 4 is 23.5 Å². The first-order chi connectivity index (χ1) is 12.5. The van der Waals surface area contributed by atoms with Crippen LogP contribution in [0.3, 0.4) is 0 Å². The Bertz CT molecular complexity index is 802. The van der Waals surface area contributed by atoms with Gasteiger partial charge in [0.2, 0.25) is 0 Å². The number of hydrogen-bond acceptors (Lipinski definition) is 5. The van der Waals surface area contributed by atoms with Crippen LogP contribution in [0, 0.1) is 0 Å². The largest absolute Gasteiger partial charge is 0.490 e. The third-order valence-electron chi connectivity index (χ3n) is 4.10. The summed E-state index contributed by atoms with van der Waals surface area (Å²) in [5.74, 6) is -0.847. The van der Waals surface area contributed by atoms with Gasteiger partial charge in [0, 0.05) is 5.02 Å². The maximum atomic E-state index is 12.6. The maximum Gasteiger partial charge on any atom is 0.325 e. The summed E-state index contributed by atoms with van der Waals surface area (Å²) < 4.78 is 7.16. The minimum absolute atomic E-state index is 0.119. The number of carbonyl (C=O) groups is 2. The number of aromatic nitrogens is 3. The average Bonchev–Trinajstić information content (AvgIpc) is 3.25. The lowest BCUT2D eigenvalue weighted by atomic mass is 10.1. The fourth-order valence-corrected chi connectivity index (χ4v) is 3.04. The molecule has 0 unspecified atom stereocenters. The van der Waals surface area contributed by atoms with Gasteiger partial charge in [0.05, 0.1) is 24.4 Å². The van der Waals surface area contributed by atoms with E-state index >= 15 is 0 Å². The molecule has 3 rings (SSSR count). The van der Waals surface area contributed by atoms with Crippen molar-refractivity contribution in [1.29, 1.82) is 0 Å². The number of hydrogen-bond donors (Lipinski definition) is 2. The lowest BCUT2D eigenvalue weighted by Gasteiger charge is -2.16. The van der Waals surface area contributed by atoms with E-state index in [0.717, 1.165) is 25.7 Å². The van der Waals surface area contributed by atoms with Crippen LogP contribution in [0.5, 0.6) is 5.75 Å². The van der Waals surface area contributed by atoms with Gasteiger partial charge in [0.1, 0.15) is 18.0 Å². The summed E-state index contributed by atoms with van der Waals surface area (Å²) in [7, 11) is 0. The number of amides is 1. The molecule has 0 atom stereocenters. The fourth-order valence-electron chi connectivity index (χ4n) is 2.87. The van der Waals surface area contributed by atoms with Crippen molar-refractivity contribution < 1.29 is 19.4 Å². The zero-order valence-corrected chi connectivity index (χ0v) is 14.8. The van der Waals surface area contributed by atoms with E-state index in [1.807, 2.05) is 0 Å². The van der Waals surface area contributed by atoms with Gasteiger partial charge in [-0.1, -0.05) is 16.8 Å². The Morgan fingerprint density at radius 2 is 2.12 bits per heavy atom. The van der Waals surface area contributed by atoms with Gasteiger partial charge in [-0.2, -0.15) is 0 Å². The van der Waals surface area contributed by atoms with Crippen molar-refractivity contribution in [3.63, 3.8) is 0 Å². The zero-order valence-electron chi connectivity index (χ0n) is 14.0. The highest BCUT2D eigenvalue weighted by Crippen LogP contribution is 2.28. The molecule has 1 fully saturated rings. The second kappa shape index (κ2) is 8.18. The lowest BCUT2D eigenvalue weighted by Crippen LogP contribution is -2.24. The van der Waals surface area contributed by atoms with E-state index in [4.69, 9.17) is 21.4 Å². The summed E-state index contributed by atoms with van der Waals surface area (Å²) in [5, 5.41) is 19.4. The number of carboxylic acids is 1. The van der Waals surface area contributed by atoms with Crippen molar-refractivity contribution in [2.45, 2.75) is 44.9 Å². The second-order valence-corrected chi connectivity index (χ2v) is 6.59. The molecule has 1 amide bonds. The van der Waals surface area contributed by atoms with Gasteiger partial charge in [-0.15, -0.1) is 5.10 Å². The summed E-state index contributed by atoms with van der Waals surface area (Å²) in [6.45, 7) is -0.164. The predicted octanol–water partition coefficient (Wildman–Crippen LogP) is 2.27. The molecule has 2 N–H and O–H groups in total. The van der Waals surface area contributed by atoms with E-state index in [0.29, 0.717) is 22.0 Å². The van der Waals surface area contributed by atoms with Crippen LogP contribution in [0.25, 0.3) is 0 Å². The number of ether oxygens (including phenoxy) is 1. The molecule has 0 aliphatic heterocycles. The number of carboxylic acid groups (broad SMARTS) is 1. The summed E-state index contributed by atoms with van der Waals surface area (Å²) in [6.07, 6.45) is 5.82.